The smallest absolute Gasteiger partial charge is 0.211 e. The van der Waals surface area contributed by atoms with Crippen molar-refractivity contribution < 1.29 is 8.42 Å². The van der Waals surface area contributed by atoms with Gasteiger partial charge in [-0.05, 0) is 42.4 Å². The van der Waals surface area contributed by atoms with Crippen molar-refractivity contribution in [3.8, 4) is 0 Å². The fraction of sp³-hybridized carbons (Fsp3) is 1.00. The molecule has 100 valence electrons. The molecule has 0 bridgehead atoms. The minimum atomic E-state index is -2.97. The molecule has 0 amide bonds. The van der Waals surface area contributed by atoms with Crippen molar-refractivity contribution in [2.24, 2.45) is 16.7 Å². The summed E-state index contributed by atoms with van der Waals surface area (Å²) in [5.74, 6) is 0.826. The topological polar surface area (TPSA) is 37.4 Å². The highest BCUT2D eigenvalue weighted by Crippen LogP contribution is 2.57. The van der Waals surface area contributed by atoms with Gasteiger partial charge in [-0.25, -0.2) is 12.7 Å². The van der Waals surface area contributed by atoms with Crippen LogP contribution < -0.4 is 0 Å². The van der Waals surface area contributed by atoms with Gasteiger partial charge in [0.1, 0.15) is 0 Å². The number of hydrogen-bond acceptors (Lipinski definition) is 2. The van der Waals surface area contributed by atoms with Gasteiger partial charge >= 0.3 is 0 Å². The second-order valence-electron chi connectivity index (χ2n) is 7.13. The lowest BCUT2D eigenvalue weighted by molar-refractivity contribution is -0.0452. The lowest BCUT2D eigenvalue weighted by Crippen LogP contribution is -2.50. The first-order valence-corrected chi connectivity index (χ1v) is 8.42. The lowest BCUT2D eigenvalue weighted by Gasteiger charge is -2.56. The molecule has 0 unspecified atom stereocenters. The number of hydrogen-bond donors (Lipinski definition) is 0. The molecule has 0 radical (unpaired) electrons. The summed E-state index contributed by atoms with van der Waals surface area (Å²) < 4.78 is 24.5. The minimum Gasteiger partial charge on any atom is -0.213 e. The molecule has 1 aliphatic heterocycles. The monoisotopic (exact) mass is 259 g/mol. The molecule has 1 aliphatic carbocycles. The molecule has 2 aliphatic rings. The van der Waals surface area contributed by atoms with Crippen LogP contribution in [0.15, 0.2) is 0 Å². The third-order valence-electron chi connectivity index (χ3n) is 4.84. The van der Waals surface area contributed by atoms with Crippen molar-refractivity contribution in [3.63, 3.8) is 0 Å². The Morgan fingerprint density at radius 2 is 1.59 bits per heavy atom. The SMILES string of the molecule is CC(C)(C)C1CC2(CCN(S(C)(=O)=O)CC2)C1. The van der Waals surface area contributed by atoms with E-state index < -0.39 is 10.0 Å². The van der Waals surface area contributed by atoms with E-state index in [1.165, 1.54) is 19.1 Å². The third-order valence-corrected chi connectivity index (χ3v) is 6.14. The highest BCUT2D eigenvalue weighted by Gasteiger charge is 2.49. The molecule has 17 heavy (non-hydrogen) atoms. The van der Waals surface area contributed by atoms with E-state index in [9.17, 15) is 8.42 Å². The molecule has 1 heterocycles. The summed E-state index contributed by atoms with van der Waals surface area (Å²) in [5, 5.41) is 0. The van der Waals surface area contributed by atoms with Crippen LogP contribution in [0.25, 0.3) is 0 Å². The molecule has 0 N–H and O–H groups in total. The maximum absolute atomic E-state index is 11.5. The van der Waals surface area contributed by atoms with Crippen LogP contribution in [0.3, 0.4) is 0 Å². The number of piperidine rings is 1. The standard InChI is InChI=1S/C13H25NO2S/c1-12(2,3)11-9-13(10-11)5-7-14(8-6-13)17(4,15)16/h11H,5-10H2,1-4H3. The van der Waals surface area contributed by atoms with Crippen LogP contribution in [0.4, 0.5) is 0 Å². The van der Waals surface area contributed by atoms with E-state index in [0.717, 1.165) is 31.8 Å². The van der Waals surface area contributed by atoms with Gasteiger partial charge in [0, 0.05) is 13.1 Å². The predicted octanol–water partition coefficient (Wildman–Crippen LogP) is 2.48. The maximum Gasteiger partial charge on any atom is 0.211 e. The molecule has 1 saturated heterocycles. The summed E-state index contributed by atoms with van der Waals surface area (Å²) in [6.07, 6.45) is 6.05. The molecule has 1 saturated carbocycles. The van der Waals surface area contributed by atoms with Gasteiger partial charge in [0.15, 0.2) is 0 Å². The van der Waals surface area contributed by atoms with Crippen molar-refractivity contribution in [2.45, 2.75) is 46.5 Å². The van der Waals surface area contributed by atoms with Gasteiger partial charge in [-0.15, -0.1) is 0 Å². The predicted molar refractivity (Wildman–Crippen MR) is 70.3 cm³/mol. The van der Waals surface area contributed by atoms with E-state index >= 15 is 0 Å². The van der Waals surface area contributed by atoms with Crippen molar-refractivity contribution >= 4 is 10.0 Å². The number of nitrogens with zero attached hydrogens (tertiary/aromatic N) is 1. The van der Waals surface area contributed by atoms with E-state index in [2.05, 4.69) is 20.8 Å². The molecular weight excluding hydrogens is 234 g/mol. The Bertz CT molecular complexity index is 378. The van der Waals surface area contributed by atoms with Crippen LogP contribution in [0.2, 0.25) is 0 Å². The Morgan fingerprint density at radius 1 is 1.12 bits per heavy atom. The summed E-state index contributed by atoms with van der Waals surface area (Å²) in [7, 11) is -2.97. The van der Waals surface area contributed by atoms with Crippen LogP contribution in [0.5, 0.6) is 0 Å². The average molecular weight is 259 g/mol. The maximum atomic E-state index is 11.5. The minimum absolute atomic E-state index is 0.416. The summed E-state index contributed by atoms with van der Waals surface area (Å²) >= 11 is 0. The van der Waals surface area contributed by atoms with Crippen LogP contribution in [0, 0.1) is 16.7 Å². The zero-order valence-corrected chi connectivity index (χ0v) is 12.3. The Kier molecular flexibility index (Phi) is 3.10. The molecule has 0 atom stereocenters. The summed E-state index contributed by atoms with van der Waals surface area (Å²) in [6, 6.07) is 0. The molecule has 2 rings (SSSR count). The first kappa shape index (κ1) is 13.3. The van der Waals surface area contributed by atoms with E-state index in [-0.39, 0.29) is 0 Å². The summed E-state index contributed by atoms with van der Waals surface area (Å²) in [6.45, 7) is 8.41. The molecule has 1 spiro atoms. The second kappa shape index (κ2) is 3.95. The van der Waals surface area contributed by atoms with Crippen molar-refractivity contribution in [3.05, 3.63) is 0 Å². The first-order valence-electron chi connectivity index (χ1n) is 6.58. The van der Waals surface area contributed by atoms with Gasteiger partial charge in [-0.2, -0.15) is 0 Å². The van der Waals surface area contributed by atoms with Crippen molar-refractivity contribution in [1.82, 2.24) is 4.31 Å². The zero-order chi connectivity index (χ0) is 12.9. The van der Waals surface area contributed by atoms with Crippen LogP contribution in [0.1, 0.15) is 46.5 Å². The van der Waals surface area contributed by atoms with Gasteiger partial charge in [0.05, 0.1) is 6.26 Å². The Morgan fingerprint density at radius 3 is 1.94 bits per heavy atom. The van der Waals surface area contributed by atoms with Crippen LogP contribution in [-0.4, -0.2) is 32.1 Å². The molecule has 4 heteroatoms. The van der Waals surface area contributed by atoms with Crippen molar-refractivity contribution in [2.75, 3.05) is 19.3 Å². The van der Waals surface area contributed by atoms with E-state index in [1.54, 1.807) is 4.31 Å². The van der Waals surface area contributed by atoms with Crippen molar-refractivity contribution in [1.29, 1.82) is 0 Å². The van der Waals surface area contributed by atoms with Crippen LogP contribution >= 0.6 is 0 Å². The molecule has 0 aromatic rings. The fourth-order valence-electron chi connectivity index (χ4n) is 3.30. The second-order valence-corrected chi connectivity index (χ2v) is 9.12. The van der Waals surface area contributed by atoms with Gasteiger partial charge < -0.3 is 0 Å². The van der Waals surface area contributed by atoms with Gasteiger partial charge in [0.2, 0.25) is 10.0 Å². The number of rotatable bonds is 1. The van der Waals surface area contributed by atoms with Gasteiger partial charge in [0.25, 0.3) is 0 Å². The molecule has 2 fully saturated rings. The van der Waals surface area contributed by atoms with Gasteiger partial charge in [-0.1, -0.05) is 20.8 Å². The highest BCUT2D eigenvalue weighted by molar-refractivity contribution is 7.88. The Balaban J connectivity index is 1.90. The molecule has 0 aromatic carbocycles. The highest BCUT2D eigenvalue weighted by atomic mass is 32.2. The van der Waals surface area contributed by atoms with E-state index in [0.29, 0.717) is 10.8 Å². The van der Waals surface area contributed by atoms with Crippen LogP contribution in [-0.2, 0) is 10.0 Å². The zero-order valence-electron chi connectivity index (χ0n) is 11.5. The third kappa shape index (κ3) is 2.68. The van der Waals surface area contributed by atoms with E-state index in [4.69, 9.17) is 0 Å². The molecular formula is C13H25NO2S. The normalized spacial score (nSPS) is 27.1. The molecule has 0 aromatic heterocycles. The fourth-order valence-corrected chi connectivity index (χ4v) is 4.14. The Hall–Kier alpha value is -0.0900. The van der Waals surface area contributed by atoms with Gasteiger partial charge in [-0.3, -0.25) is 0 Å². The largest absolute Gasteiger partial charge is 0.213 e. The first-order chi connectivity index (χ1) is 7.62. The summed E-state index contributed by atoms with van der Waals surface area (Å²) in [5.41, 5.74) is 0.887. The average Bonchev–Trinajstić information content (AvgIpc) is 2.11. The lowest BCUT2D eigenvalue weighted by atomic mass is 9.52. The summed E-state index contributed by atoms with van der Waals surface area (Å²) in [4.78, 5) is 0. The Labute approximate surface area is 106 Å². The number of sulfonamides is 1. The van der Waals surface area contributed by atoms with E-state index in [1.807, 2.05) is 0 Å². The quantitative estimate of drug-likeness (QED) is 0.725. The molecule has 3 nitrogen and oxygen atoms in total.